The third-order valence-electron chi connectivity index (χ3n) is 3.59. The number of urea groups is 1. The lowest BCUT2D eigenvalue weighted by Gasteiger charge is -2.35. The van der Waals surface area contributed by atoms with Gasteiger partial charge in [-0.1, -0.05) is 11.8 Å². The van der Waals surface area contributed by atoms with Crippen molar-refractivity contribution in [3.8, 4) is 0 Å². The van der Waals surface area contributed by atoms with Gasteiger partial charge < -0.3 is 15.0 Å². The van der Waals surface area contributed by atoms with E-state index in [-0.39, 0.29) is 18.2 Å². The fourth-order valence-corrected chi connectivity index (χ4v) is 3.17. The van der Waals surface area contributed by atoms with E-state index in [1.807, 2.05) is 6.92 Å². The van der Waals surface area contributed by atoms with Crippen molar-refractivity contribution in [3.63, 3.8) is 0 Å². The Kier molecular flexibility index (Phi) is 4.36. The van der Waals surface area contributed by atoms with Gasteiger partial charge in [0, 0.05) is 31.9 Å². The molecule has 3 rings (SSSR count). The molecular weight excluding hydrogens is 308 g/mol. The molecule has 0 aliphatic carbocycles. The van der Waals surface area contributed by atoms with E-state index in [2.05, 4.69) is 20.5 Å². The molecule has 1 atom stereocenters. The Morgan fingerprint density at radius 2 is 2.41 bits per heavy atom. The average Bonchev–Trinajstić information content (AvgIpc) is 3.09. The van der Waals surface area contributed by atoms with Crippen LogP contribution in [-0.4, -0.2) is 81.7 Å². The Hall–Kier alpha value is -1.97. The number of thioether (sulfide) groups is 1. The van der Waals surface area contributed by atoms with E-state index < -0.39 is 0 Å². The van der Waals surface area contributed by atoms with Gasteiger partial charge in [-0.3, -0.25) is 10.00 Å². The minimum absolute atomic E-state index is 0.0161. The normalized spacial score (nSPS) is 20.8. The summed E-state index contributed by atoms with van der Waals surface area (Å²) in [6, 6.07) is -0.122. The maximum atomic E-state index is 12.1. The lowest BCUT2D eigenvalue weighted by molar-refractivity contribution is 0.127. The molecule has 10 heteroatoms. The van der Waals surface area contributed by atoms with Crippen molar-refractivity contribution in [1.29, 1.82) is 0 Å². The fraction of sp³-hybridized carbons (Fsp3) is 0.667. The lowest BCUT2D eigenvalue weighted by atomic mass is 10.2. The van der Waals surface area contributed by atoms with Gasteiger partial charge in [-0.2, -0.15) is 0 Å². The van der Waals surface area contributed by atoms with Crippen molar-refractivity contribution in [2.24, 2.45) is 0 Å². The Morgan fingerprint density at radius 1 is 1.55 bits per heavy atom. The first-order chi connectivity index (χ1) is 10.6. The summed E-state index contributed by atoms with van der Waals surface area (Å²) in [4.78, 5) is 31.1. The number of amides is 3. The summed E-state index contributed by atoms with van der Waals surface area (Å²) in [6.45, 7) is 4.33. The van der Waals surface area contributed by atoms with E-state index in [1.165, 1.54) is 11.8 Å². The van der Waals surface area contributed by atoms with Gasteiger partial charge in [-0.15, -0.1) is 5.10 Å². The molecule has 0 radical (unpaired) electrons. The molecule has 2 N–H and O–H groups in total. The molecule has 3 heterocycles. The maximum Gasteiger partial charge on any atom is 0.410 e. The predicted molar refractivity (Wildman–Crippen MR) is 78.7 cm³/mol. The number of aryl methyl sites for hydroxylation is 1. The first-order valence-corrected chi connectivity index (χ1v) is 8.10. The number of hydrogen-bond acceptors (Lipinski definition) is 6. The molecule has 0 bridgehead atoms. The number of carbonyl (C=O) groups excluding carboxylic acids is 2. The first-order valence-electron chi connectivity index (χ1n) is 7.11. The number of aromatic nitrogens is 3. The van der Waals surface area contributed by atoms with Gasteiger partial charge in [0.1, 0.15) is 12.4 Å². The highest BCUT2D eigenvalue weighted by atomic mass is 32.2. The minimum Gasteiger partial charge on any atom is -0.447 e. The zero-order valence-electron chi connectivity index (χ0n) is 12.2. The standard InChI is InChI=1S/C12H18N6O3S/c1-8-14-10(16-15-8)22-5-2-13-11(19)17-3-4-18-9(6-17)7-21-12(18)20/h9H,2-7H2,1H3,(H,13,19)(H,14,15,16). The molecule has 1 aromatic rings. The molecule has 2 aliphatic rings. The second-order valence-corrected chi connectivity index (χ2v) is 6.22. The Balaban J connectivity index is 1.38. The van der Waals surface area contributed by atoms with E-state index >= 15 is 0 Å². The monoisotopic (exact) mass is 326 g/mol. The fourth-order valence-electron chi connectivity index (χ4n) is 2.47. The molecular formula is C12H18N6O3S. The van der Waals surface area contributed by atoms with Crippen LogP contribution >= 0.6 is 11.8 Å². The quantitative estimate of drug-likeness (QED) is 0.599. The summed E-state index contributed by atoms with van der Waals surface area (Å²) in [7, 11) is 0. The van der Waals surface area contributed by atoms with Crippen LogP contribution < -0.4 is 5.32 Å². The molecule has 3 amide bonds. The topological polar surface area (TPSA) is 103 Å². The van der Waals surface area contributed by atoms with Crippen LogP contribution in [0.1, 0.15) is 5.82 Å². The van der Waals surface area contributed by atoms with Crippen LogP contribution in [-0.2, 0) is 4.74 Å². The van der Waals surface area contributed by atoms with Crippen molar-refractivity contribution >= 4 is 23.9 Å². The first kappa shape index (κ1) is 14.9. The highest BCUT2D eigenvalue weighted by molar-refractivity contribution is 7.99. The van der Waals surface area contributed by atoms with Crippen LogP contribution in [0.3, 0.4) is 0 Å². The van der Waals surface area contributed by atoms with Gasteiger partial charge in [0.2, 0.25) is 5.16 Å². The number of nitrogens with one attached hydrogen (secondary N) is 2. The van der Waals surface area contributed by atoms with Gasteiger partial charge in [-0.25, -0.2) is 14.6 Å². The van der Waals surface area contributed by atoms with Crippen LogP contribution in [0.4, 0.5) is 9.59 Å². The molecule has 2 saturated heterocycles. The van der Waals surface area contributed by atoms with E-state index in [0.29, 0.717) is 43.7 Å². The Morgan fingerprint density at radius 3 is 3.18 bits per heavy atom. The summed E-state index contributed by atoms with van der Waals surface area (Å²) in [5.41, 5.74) is 0. The molecule has 0 spiro atoms. The molecule has 0 saturated carbocycles. The van der Waals surface area contributed by atoms with Gasteiger partial charge >= 0.3 is 12.1 Å². The minimum atomic E-state index is -0.275. The maximum absolute atomic E-state index is 12.1. The molecule has 2 fully saturated rings. The molecule has 1 aromatic heterocycles. The summed E-state index contributed by atoms with van der Waals surface area (Å²) in [6.07, 6.45) is -0.275. The van der Waals surface area contributed by atoms with Crippen molar-refractivity contribution < 1.29 is 14.3 Å². The zero-order chi connectivity index (χ0) is 15.5. The number of H-pyrrole nitrogens is 1. The average molecular weight is 326 g/mol. The number of aromatic amines is 1. The molecule has 1 unspecified atom stereocenters. The number of piperazine rings is 1. The smallest absolute Gasteiger partial charge is 0.410 e. The van der Waals surface area contributed by atoms with Crippen LogP contribution in [0.25, 0.3) is 0 Å². The van der Waals surface area contributed by atoms with Gasteiger partial charge in [0.05, 0.1) is 6.04 Å². The Labute approximate surface area is 131 Å². The number of ether oxygens (including phenoxy) is 1. The van der Waals surface area contributed by atoms with E-state index in [0.717, 1.165) is 5.82 Å². The summed E-state index contributed by atoms with van der Waals surface area (Å²) < 4.78 is 4.99. The predicted octanol–water partition coefficient (Wildman–Crippen LogP) is 0.0512. The van der Waals surface area contributed by atoms with Crippen LogP contribution in [0, 0.1) is 6.92 Å². The van der Waals surface area contributed by atoms with Gasteiger partial charge in [0.15, 0.2) is 0 Å². The summed E-state index contributed by atoms with van der Waals surface area (Å²) in [5, 5.41) is 10.4. The number of rotatable bonds is 4. The van der Waals surface area contributed by atoms with E-state index in [1.54, 1.807) is 9.80 Å². The molecule has 0 aromatic carbocycles. The number of nitrogens with zero attached hydrogens (tertiary/aromatic N) is 4. The summed E-state index contributed by atoms with van der Waals surface area (Å²) in [5.74, 6) is 1.48. The SMILES string of the molecule is Cc1nc(SCCNC(=O)N2CCN3C(=O)OCC3C2)n[nH]1. The van der Waals surface area contributed by atoms with Crippen molar-refractivity contribution in [3.05, 3.63) is 5.82 Å². The largest absolute Gasteiger partial charge is 0.447 e. The highest BCUT2D eigenvalue weighted by Gasteiger charge is 2.38. The molecule has 9 nitrogen and oxygen atoms in total. The van der Waals surface area contributed by atoms with E-state index in [4.69, 9.17) is 4.74 Å². The summed E-state index contributed by atoms with van der Waals surface area (Å²) >= 11 is 1.49. The number of fused-ring (bicyclic) bond motifs is 1. The highest BCUT2D eigenvalue weighted by Crippen LogP contribution is 2.17. The van der Waals surface area contributed by atoms with Crippen molar-refractivity contribution in [1.82, 2.24) is 30.3 Å². The van der Waals surface area contributed by atoms with Gasteiger partial charge in [0.25, 0.3) is 0 Å². The molecule has 2 aliphatic heterocycles. The molecule has 120 valence electrons. The lowest BCUT2D eigenvalue weighted by Crippen LogP contribution is -2.56. The van der Waals surface area contributed by atoms with Crippen LogP contribution in [0.5, 0.6) is 0 Å². The van der Waals surface area contributed by atoms with Crippen molar-refractivity contribution in [2.45, 2.75) is 18.1 Å². The van der Waals surface area contributed by atoms with Crippen LogP contribution in [0.15, 0.2) is 5.16 Å². The zero-order valence-corrected chi connectivity index (χ0v) is 13.1. The number of carbonyl (C=O) groups is 2. The Bertz CT molecular complexity index is 565. The molecule has 22 heavy (non-hydrogen) atoms. The second kappa shape index (κ2) is 6.42. The number of hydrogen-bond donors (Lipinski definition) is 2. The third kappa shape index (κ3) is 3.26. The third-order valence-corrected chi connectivity index (χ3v) is 4.44. The van der Waals surface area contributed by atoms with Crippen molar-refractivity contribution in [2.75, 3.05) is 38.5 Å². The second-order valence-electron chi connectivity index (χ2n) is 5.15. The van der Waals surface area contributed by atoms with Crippen LogP contribution in [0.2, 0.25) is 0 Å². The van der Waals surface area contributed by atoms with Gasteiger partial charge in [-0.05, 0) is 6.92 Å². The number of cyclic esters (lactones) is 1. The van der Waals surface area contributed by atoms with E-state index in [9.17, 15) is 9.59 Å².